The van der Waals surface area contributed by atoms with Crippen molar-refractivity contribution in [3.05, 3.63) is 64.8 Å². The molecule has 0 spiro atoms. The highest BCUT2D eigenvalue weighted by Crippen LogP contribution is 2.20. The number of carbonyl (C=O) groups excluding carboxylic acids is 1. The van der Waals surface area contributed by atoms with Crippen LogP contribution >= 0.6 is 11.3 Å². The minimum absolute atomic E-state index is 0.0770. The van der Waals surface area contributed by atoms with Gasteiger partial charge in [0, 0.05) is 25.0 Å². The number of benzene rings is 2. The van der Waals surface area contributed by atoms with Crippen molar-refractivity contribution in [1.29, 1.82) is 0 Å². The molecule has 0 saturated carbocycles. The average Bonchev–Trinajstić information content (AvgIpc) is 2.91. The zero-order chi connectivity index (χ0) is 16.2. The molecule has 4 nitrogen and oxygen atoms in total. The van der Waals surface area contributed by atoms with Crippen LogP contribution in [-0.2, 0) is 11.8 Å². The van der Waals surface area contributed by atoms with Gasteiger partial charge in [-0.25, -0.2) is 4.99 Å². The third-order valence-corrected chi connectivity index (χ3v) is 4.32. The zero-order valence-corrected chi connectivity index (χ0v) is 13.8. The van der Waals surface area contributed by atoms with Crippen LogP contribution in [0, 0.1) is 0 Å². The molecule has 0 aliphatic heterocycles. The van der Waals surface area contributed by atoms with Gasteiger partial charge in [-0.2, -0.15) is 0 Å². The summed E-state index contributed by atoms with van der Waals surface area (Å²) in [5.74, 6) is -0.0770. The summed E-state index contributed by atoms with van der Waals surface area (Å²) >= 11 is 1.61. The first-order valence-electron chi connectivity index (χ1n) is 7.26. The van der Waals surface area contributed by atoms with E-state index in [-0.39, 0.29) is 5.91 Å². The molecule has 0 bridgehead atoms. The molecule has 2 aromatic carbocycles. The number of nitrogens with one attached hydrogen (secondary N) is 1. The van der Waals surface area contributed by atoms with Crippen molar-refractivity contribution >= 4 is 28.6 Å². The maximum Gasteiger partial charge on any atom is 0.221 e. The van der Waals surface area contributed by atoms with E-state index in [4.69, 9.17) is 0 Å². The molecule has 0 aliphatic rings. The number of rotatable bonds is 3. The van der Waals surface area contributed by atoms with E-state index >= 15 is 0 Å². The standard InChI is InChI=1S/C18H17N3OS/c1-13(22)19-15-8-10-16(11-9-15)20-18-21(2)17(12-23-18)14-6-4-3-5-7-14/h3-12H,1-2H3,(H,19,22). The Kier molecular flexibility index (Phi) is 4.39. The Labute approximate surface area is 138 Å². The summed E-state index contributed by atoms with van der Waals surface area (Å²) in [7, 11) is 2.02. The maximum atomic E-state index is 11.0. The van der Waals surface area contributed by atoms with Crippen LogP contribution in [0.5, 0.6) is 0 Å². The van der Waals surface area contributed by atoms with Gasteiger partial charge in [-0.1, -0.05) is 30.3 Å². The monoisotopic (exact) mass is 323 g/mol. The van der Waals surface area contributed by atoms with Crippen LogP contribution < -0.4 is 10.1 Å². The molecule has 0 fully saturated rings. The maximum absolute atomic E-state index is 11.0. The lowest BCUT2D eigenvalue weighted by Gasteiger charge is -2.03. The molecular weight excluding hydrogens is 306 g/mol. The lowest BCUT2D eigenvalue weighted by atomic mass is 10.2. The highest BCUT2D eigenvalue weighted by Gasteiger charge is 2.04. The summed E-state index contributed by atoms with van der Waals surface area (Å²) in [6.45, 7) is 1.50. The molecule has 0 unspecified atom stereocenters. The summed E-state index contributed by atoms with van der Waals surface area (Å²) in [5, 5.41) is 4.86. The van der Waals surface area contributed by atoms with Crippen LogP contribution in [-0.4, -0.2) is 10.5 Å². The van der Waals surface area contributed by atoms with Gasteiger partial charge in [0.25, 0.3) is 0 Å². The number of hydrogen-bond acceptors (Lipinski definition) is 3. The molecule has 116 valence electrons. The number of anilines is 1. The largest absolute Gasteiger partial charge is 0.326 e. The minimum atomic E-state index is -0.0770. The number of amides is 1. The Morgan fingerprint density at radius 3 is 2.43 bits per heavy atom. The van der Waals surface area contributed by atoms with E-state index in [1.165, 1.54) is 12.5 Å². The molecule has 3 rings (SSSR count). The van der Waals surface area contributed by atoms with Gasteiger partial charge in [-0.3, -0.25) is 4.79 Å². The first-order valence-corrected chi connectivity index (χ1v) is 8.14. The van der Waals surface area contributed by atoms with Crippen molar-refractivity contribution < 1.29 is 4.79 Å². The smallest absolute Gasteiger partial charge is 0.221 e. The molecule has 3 aromatic rings. The molecule has 1 aromatic heterocycles. The van der Waals surface area contributed by atoms with Gasteiger partial charge < -0.3 is 9.88 Å². The van der Waals surface area contributed by atoms with Crippen LogP contribution in [0.1, 0.15) is 6.92 Å². The Hall–Kier alpha value is -2.66. The van der Waals surface area contributed by atoms with Gasteiger partial charge in [-0.05, 0) is 29.8 Å². The highest BCUT2D eigenvalue weighted by molar-refractivity contribution is 7.07. The highest BCUT2D eigenvalue weighted by atomic mass is 32.1. The quantitative estimate of drug-likeness (QED) is 0.779. The summed E-state index contributed by atoms with van der Waals surface area (Å²) in [4.78, 5) is 16.6. The topological polar surface area (TPSA) is 46.4 Å². The fourth-order valence-corrected chi connectivity index (χ4v) is 3.20. The number of aromatic nitrogens is 1. The molecule has 0 radical (unpaired) electrons. The van der Waals surface area contributed by atoms with Gasteiger partial charge >= 0.3 is 0 Å². The normalized spacial score (nSPS) is 11.5. The fourth-order valence-electron chi connectivity index (χ4n) is 2.27. The minimum Gasteiger partial charge on any atom is -0.326 e. The van der Waals surface area contributed by atoms with E-state index in [1.807, 2.05) is 49.5 Å². The van der Waals surface area contributed by atoms with Crippen molar-refractivity contribution in [3.8, 4) is 11.3 Å². The van der Waals surface area contributed by atoms with Crippen LogP contribution in [0.4, 0.5) is 11.4 Å². The van der Waals surface area contributed by atoms with E-state index in [9.17, 15) is 4.79 Å². The second kappa shape index (κ2) is 6.62. The van der Waals surface area contributed by atoms with Crippen molar-refractivity contribution in [2.45, 2.75) is 6.92 Å². The summed E-state index contributed by atoms with van der Waals surface area (Å²) < 4.78 is 2.09. The second-order valence-corrected chi connectivity index (χ2v) is 6.00. The number of carbonyl (C=O) groups is 1. The lowest BCUT2D eigenvalue weighted by molar-refractivity contribution is -0.114. The van der Waals surface area contributed by atoms with Crippen molar-refractivity contribution in [1.82, 2.24) is 4.57 Å². The predicted octanol–water partition coefficient (Wildman–Crippen LogP) is 3.94. The average molecular weight is 323 g/mol. The Balaban J connectivity index is 1.92. The number of nitrogens with zero attached hydrogens (tertiary/aromatic N) is 2. The van der Waals surface area contributed by atoms with Crippen molar-refractivity contribution in [2.75, 3.05) is 5.32 Å². The van der Waals surface area contributed by atoms with Crippen LogP contribution in [0.15, 0.2) is 65.0 Å². The third kappa shape index (κ3) is 3.57. The zero-order valence-electron chi connectivity index (χ0n) is 13.0. The van der Waals surface area contributed by atoms with E-state index in [1.54, 1.807) is 11.3 Å². The first kappa shape index (κ1) is 15.2. The van der Waals surface area contributed by atoms with E-state index < -0.39 is 0 Å². The molecular formula is C18H17N3OS. The Bertz CT molecular complexity index is 877. The van der Waals surface area contributed by atoms with Crippen LogP contribution in [0.25, 0.3) is 11.3 Å². The van der Waals surface area contributed by atoms with E-state index in [2.05, 4.69) is 32.4 Å². The van der Waals surface area contributed by atoms with Gasteiger partial charge in [-0.15, -0.1) is 11.3 Å². The van der Waals surface area contributed by atoms with Crippen LogP contribution in [0.2, 0.25) is 0 Å². The SMILES string of the molecule is CC(=O)Nc1ccc(N=c2scc(-c3ccccc3)n2C)cc1. The third-order valence-electron chi connectivity index (χ3n) is 3.41. The lowest BCUT2D eigenvalue weighted by Crippen LogP contribution is -2.10. The summed E-state index contributed by atoms with van der Waals surface area (Å²) in [6.07, 6.45) is 0. The number of hydrogen-bond donors (Lipinski definition) is 1. The molecule has 1 heterocycles. The molecule has 1 amide bonds. The van der Waals surface area contributed by atoms with Crippen molar-refractivity contribution in [3.63, 3.8) is 0 Å². The van der Waals surface area contributed by atoms with Gasteiger partial charge in [0.2, 0.25) is 5.91 Å². The number of thiazole rings is 1. The van der Waals surface area contributed by atoms with Crippen LogP contribution in [0.3, 0.4) is 0 Å². The molecule has 0 saturated heterocycles. The van der Waals surface area contributed by atoms with Gasteiger partial charge in [0.1, 0.15) is 0 Å². The van der Waals surface area contributed by atoms with Gasteiger partial charge in [0.05, 0.1) is 11.4 Å². The van der Waals surface area contributed by atoms with E-state index in [0.29, 0.717) is 0 Å². The first-order chi connectivity index (χ1) is 11.1. The second-order valence-electron chi connectivity index (χ2n) is 5.17. The Morgan fingerprint density at radius 2 is 1.78 bits per heavy atom. The van der Waals surface area contributed by atoms with E-state index in [0.717, 1.165) is 21.9 Å². The summed E-state index contributed by atoms with van der Waals surface area (Å²) in [6, 6.07) is 17.8. The summed E-state index contributed by atoms with van der Waals surface area (Å²) in [5.41, 5.74) is 3.95. The molecule has 5 heteroatoms. The van der Waals surface area contributed by atoms with Gasteiger partial charge in [0.15, 0.2) is 4.80 Å². The molecule has 0 atom stereocenters. The molecule has 0 aliphatic carbocycles. The fraction of sp³-hybridized carbons (Fsp3) is 0.111. The predicted molar refractivity (Wildman–Crippen MR) is 94.7 cm³/mol. The molecule has 1 N–H and O–H groups in total. The van der Waals surface area contributed by atoms with Crippen molar-refractivity contribution in [2.24, 2.45) is 12.0 Å². The molecule has 23 heavy (non-hydrogen) atoms. The Morgan fingerprint density at radius 1 is 1.09 bits per heavy atom.